The van der Waals surface area contributed by atoms with Gasteiger partial charge in [0.15, 0.2) is 0 Å². The van der Waals surface area contributed by atoms with Crippen molar-refractivity contribution < 1.29 is 10.2 Å². The number of hydrogen-bond acceptors (Lipinski definition) is 2. The van der Waals surface area contributed by atoms with Crippen molar-refractivity contribution in [1.82, 2.24) is 0 Å². The van der Waals surface area contributed by atoms with E-state index in [-0.39, 0.29) is 6.10 Å². The van der Waals surface area contributed by atoms with E-state index in [9.17, 15) is 10.2 Å². The lowest BCUT2D eigenvalue weighted by Gasteiger charge is -2.44. The van der Waals surface area contributed by atoms with Gasteiger partial charge in [-0.15, -0.1) is 0 Å². The summed E-state index contributed by atoms with van der Waals surface area (Å²) in [5.41, 5.74) is 3.76. The maximum atomic E-state index is 11.1. The van der Waals surface area contributed by atoms with Crippen molar-refractivity contribution in [3.05, 3.63) is 35.1 Å². The normalized spacial score (nSPS) is 37.1. The van der Waals surface area contributed by atoms with Crippen LogP contribution < -0.4 is 0 Å². The average Bonchev–Trinajstić information content (AvgIpc) is 3.01. The van der Waals surface area contributed by atoms with Crippen LogP contribution in [0.3, 0.4) is 0 Å². The Kier molecular flexibility index (Phi) is 7.36. The molecule has 0 unspecified atom stereocenters. The zero-order valence-electron chi connectivity index (χ0n) is 19.3. The minimum absolute atomic E-state index is 0.288. The van der Waals surface area contributed by atoms with Gasteiger partial charge in [0.1, 0.15) is 5.76 Å². The molecule has 0 saturated heterocycles. The summed E-state index contributed by atoms with van der Waals surface area (Å²) in [4.78, 5) is 0. The van der Waals surface area contributed by atoms with Gasteiger partial charge in [0, 0.05) is 0 Å². The molecule has 0 aromatic carbocycles. The Bertz CT molecular complexity index is 655. The highest BCUT2D eigenvalue weighted by Crippen LogP contribution is 2.60. The summed E-state index contributed by atoms with van der Waals surface area (Å²) in [5.74, 6) is 3.36. The van der Waals surface area contributed by atoms with Gasteiger partial charge in [-0.2, -0.15) is 0 Å². The maximum Gasteiger partial charge on any atom is 0.115 e. The fraction of sp³-hybridized carbons (Fsp3) is 0.778. The zero-order chi connectivity index (χ0) is 21.2. The highest BCUT2D eigenvalue weighted by Gasteiger charge is 2.51. The highest BCUT2D eigenvalue weighted by atomic mass is 16.3. The summed E-state index contributed by atoms with van der Waals surface area (Å²) in [6.07, 6.45) is 14.0. The van der Waals surface area contributed by atoms with Crippen molar-refractivity contribution in [1.29, 1.82) is 0 Å². The molecule has 0 aromatic rings. The minimum Gasteiger partial charge on any atom is -0.508 e. The third-order valence-corrected chi connectivity index (χ3v) is 8.45. The molecule has 0 bridgehead atoms. The van der Waals surface area contributed by atoms with Crippen molar-refractivity contribution in [3.63, 3.8) is 0 Å². The van der Waals surface area contributed by atoms with Crippen molar-refractivity contribution >= 4 is 0 Å². The predicted molar refractivity (Wildman–Crippen MR) is 123 cm³/mol. The van der Waals surface area contributed by atoms with E-state index < -0.39 is 0 Å². The van der Waals surface area contributed by atoms with Crippen LogP contribution in [0.15, 0.2) is 35.1 Å². The van der Waals surface area contributed by atoms with Crippen LogP contribution in [0.1, 0.15) is 98.3 Å². The fourth-order valence-corrected chi connectivity index (χ4v) is 6.74. The number of hydrogen-bond donors (Lipinski definition) is 2. The number of aliphatic hydroxyl groups excluding tert-OH is 2. The molecule has 2 heteroatoms. The first kappa shape index (κ1) is 22.7. The molecule has 0 radical (unpaired) electrons. The average molecular weight is 401 g/mol. The molecule has 29 heavy (non-hydrogen) atoms. The van der Waals surface area contributed by atoms with Gasteiger partial charge in [0.05, 0.1) is 6.10 Å². The van der Waals surface area contributed by atoms with Crippen LogP contribution in [0, 0.1) is 29.1 Å². The van der Waals surface area contributed by atoms with Gasteiger partial charge in [-0.3, -0.25) is 0 Å². The molecule has 0 heterocycles. The summed E-state index contributed by atoms with van der Waals surface area (Å²) in [7, 11) is 0. The van der Waals surface area contributed by atoms with Crippen LogP contribution in [0.4, 0.5) is 0 Å². The molecule has 3 aliphatic carbocycles. The van der Waals surface area contributed by atoms with Crippen LogP contribution in [0.2, 0.25) is 0 Å². The first-order valence-corrected chi connectivity index (χ1v) is 12.2. The quantitative estimate of drug-likeness (QED) is 0.453. The Labute approximate surface area is 179 Å². The molecule has 0 spiro atoms. The topological polar surface area (TPSA) is 40.5 Å². The summed E-state index contributed by atoms with van der Waals surface area (Å²) >= 11 is 0. The van der Waals surface area contributed by atoms with Crippen molar-refractivity contribution in [2.24, 2.45) is 29.1 Å². The molecule has 3 saturated carbocycles. The number of aliphatic hydroxyl groups is 2. The molecule has 0 aromatic heterocycles. The molecule has 3 fully saturated rings. The van der Waals surface area contributed by atoms with Gasteiger partial charge < -0.3 is 10.2 Å². The van der Waals surface area contributed by atoms with Gasteiger partial charge >= 0.3 is 0 Å². The molecule has 5 atom stereocenters. The molecule has 164 valence electrons. The molecule has 3 rings (SSSR count). The zero-order valence-corrected chi connectivity index (χ0v) is 19.3. The Balaban J connectivity index is 1.76. The van der Waals surface area contributed by atoms with Crippen LogP contribution in [0.25, 0.3) is 0 Å². The van der Waals surface area contributed by atoms with E-state index in [0.717, 1.165) is 48.2 Å². The Morgan fingerprint density at radius 3 is 2.66 bits per heavy atom. The first-order chi connectivity index (χ1) is 13.7. The van der Waals surface area contributed by atoms with Gasteiger partial charge in [-0.1, -0.05) is 59.1 Å². The Hall–Kier alpha value is -1.02. The van der Waals surface area contributed by atoms with E-state index in [4.69, 9.17) is 0 Å². The molecule has 0 amide bonds. The molecule has 3 aliphatic rings. The van der Waals surface area contributed by atoms with E-state index in [1.807, 2.05) is 6.08 Å². The van der Waals surface area contributed by atoms with E-state index in [1.54, 1.807) is 0 Å². The molecular weight excluding hydrogens is 356 g/mol. The maximum absolute atomic E-state index is 11.1. The third kappa shape index (κ3) is 5.01. The number of fused-ring (bicyclic) bond motifs is 1. The van der Waals surface area contributed by atoms with Crippen LogP contribution in [0.5, 0.6) is 0 Å². The lowest BCUT2D eigenvalue weighted by molar-refractivity contribution is 0.0901. The Morgan fingerprint density at radius 2 is 1.93 bits per heavy atom. The summed E-state index contributed by atoms with van der Waals surface area (Å²) in [6.45, 7) is 13.8. The molecule has 2 N–H and O–H groups in total. The molecule has 0 aliphatic heterocycles. The van der Waals surface area contributed by atoms with Gasteiger partial charge in [0.2, 0.25) is 0 Å². The summed E-state index contributed by atoms with van der Waals surface area (Å²) in [6, 6.07) is 0. The minimum atomic E-state index is -0.288. The van der Waals surface area contributed by atoms with E-state index in [0.29, 0.717) is 23.5 Å². The summed E-state index contributed by atoms with van der Waals surface area (Å²) < 4.78 is 0. The summed E-state index contributed by atoms with van der Waals surface area (Å²) in [5, 5.41) is 21.1. The van der Waals surface area contributed by atoms with E-state index in [2.05, 4.69) is 34.3 Å². The fourth-order valence-electron chi connectivity index (χ4n) is 6.74. The van der Waals surface area contributed by atoms with Crippen LogP contribution in [-0.2, 0) is 0 Å². The third-order valence-electron chi connectivity index (χ3n) is 8.45. The molecule has 2 nitrogen and oxygen atoms in total. The van der Waals surface area contributed by atoms with Crippen molar-refractivity contribution in [2.45, 2.75) is 104 Å². The Morgan fingerprint density at radius 1 is 1.17 bits per heavy atom. The van der Waals surface area contributed by atoms with E-state index >= 15 is 0 Å². The lowest BCUT2D eigenvalue weighted by atomic mass is 9.60. The van der Waals surface area contributed by atoms with Crippen molar-refractivity contribution in [3.8, 4) is 0 Å². The van der Waals surface area contributed by atoms with Gasteiger partial charge in [-0.25, -0.2) is 0 Å². The van der Waals surface area contributed by atoms with E-state index in [1.165, 1.54) is 50.5 Å². The second-order valence-electron chi connectivity index (χ2n) is 11.0. The largest absolute Gasteiger partial charge is 0.508 e. The second kappa shape index (κ2) is 9.41. The smallest absolute Gasteiger partial charge is 0.115 e. The standard InChI is InChI=1S/C27H44O2/c1-18(2)8-6-9-20(4)24-13-14-25-23(10-7-15-27(24,25)5)26(29)17-21-16-22(28)12-11-19(21)3/h17-18,20,22,24-25,28-29H,3,6-16H2,1-2,4-5H3/b21-17+,26-23-/t20-,22+,24-,25-,27-/m1/s1. The predicted octanol–water partition coefficient (Wildman–Crippen LogP) is 7.50. The SMILES string of the molecule is C=C1CC[C@H](O)C/C1=C\C(O)=C1/CCC[C@@]2(C)[C@@H]1CC[C@@H]2[C@H](C)CCCC(C)C. The molecular formula is C27H44O2. The lowest BCUT2D eigenvalue weighted by Crippen LogP contribution is -2.36. The van der Waals surface area contributed by atoms with Gasteiger partial charge in [0.25, 0.3) is 0 Å². The number of rotatable bonds is 6. The highest BCUT2D eigenvalue weighted by molar-refractivity contribution is 5.38. The van der Waals surface area contributed by atoms with Crippen LogP contribution >= 0.6 is 0 Å². The monoisotopic (exact) mass is 400 g/mol. The van der Waals surface area contributed by atoms with Crippen molar-refractivity contribution in [2.75, 3.05) is 0 Å². The second-order valence-corrected chi connectivity index (χ2v) is 11.0. The first-order valence-electron chi connectivity index (χ1n) is 12.2. The van der Waals surface area contributed by atoms with Gasteiger partial charge in [-0.05, 0) is 97.7 Å². The van der Waals surface area contributed by atoms with Crippen LogP contribution in [-0.4, -0.2) is 16.3 Å². The number of allylic oxidation sites excluding steroid dienone is 3.